The van der Waals surface area contributed by atoms with Gasteiger partial charge in [0.2, 0.25) is 10.0 Å². The number of rotatable bonds is 7. The van der Waals surface area contributed by atoms with Gasteiger partial charge >= 0.3 is 5.97 Å². The summed E-state index contributed by atoms with van der Waals surface area (Å²) in [5.74, 6) is -1.25. The summed E-state index contributed by atoms with van der Waals surface area (Å²) < 4.78 is 31.8. The van der Waals surface area contributed by atoms with Gasteiger partial charge in [-0.1, -0.05) is 25.4 Å². The molecule has 0 saturated heterocycles. The van der Waals surface area contributed by atoms with Gasteiger partial charge < -0.3 is 10.1 Å². The number of ether oxygens (including phenoxy) is 1. The Bertz CT molecular complexity index is 798. The Balaban J connectivity index is 3.09. The van der Waals surface area contributed by atoms with Gasteiger partial charge in [-0.2, -0.15) is 4.31 Å². The maximum absolute atomic E-state index is 12.7. The molecule has 0 aliphatic heterocycles. The molecule has 0 radical (unpaired) electrons. The van der Waals surface area contributed by atoms with E-state index in [9.17, 15) is 18.0 Å². The predicted molar refractivity (Wildman–Crippen MR) is 104 cm³/mol. The van der Waals surface area contributed by atoms with Crippen molar-refractivity contribution in [2.45, 2.75) is 58.1 Å². The Morgan fingerprint density at radius 1 is 1.22 bits per heavy atom. The molecule has 1 aromatic rings. The molecule has 0 spiro atoms. The van der Waals surface area contributed by atoms with E-state index in [2.05, 4.69) is 5.32 Å². The minimum Gasteiger partial charge on any atom is -0.449 e. The Morgan fingerprint density at radius 3 is 2.26 bits per heavy atom. The molecular formula is C18H27ClN2O5S. The van der Waals surface area contributed by atoms with Gasteiger partial charge in [0.25, 0.3) is 5.91 Å². The molecule has 0 heterocycles. The minimum atomic E-state index is -3.84. The summed E-state index contributed by atoms with van der Waals surface area (Å²) in [5.41, 5.74) is -0.469. The Morgan fingerprint density at radius 2 is 1.78 bits per heavy atom. The normalized spacial score (nSPS) is 13.3. The first kappa shape index (κ1) is 23.4. The van der Waals surface area contributed by atoms with Crippen LogP contribution >= 0.6 is 11.6 Å². The third kappa shape index (κ3) is 6.19. The molecule has 1 aromatic carbocycles. The van der Waals surface area contributed by atoms with Crippen LogP contribution in [-0.2, 0) is 19.6 Å². The maximum Gasteiger partial charge on any atom is 0.338 e. The number of halogens is 1. The van der Waals surface area contributed by atoms with E-state index in [1.165, 1.54) is 29.4 Å². The molecule has 1 amide bonds. The molecule has 1 atom stereocenters. The fourth-order valence-corrected chi connectivity index (χ4v) is 4.24. The highest BCUT2D eigenvalue weighted by molar-refractivity contribution is 7.89. The van der Waals surface area contributed by atoms with E-state index in [1.807, 2.05) is 20.8 Å². The highest BCUT2D eigenvalue weighted by atomic mass is 35.5. The Labute approximate surface area is 166 Å². The molecule has 1 rings (SSSR count). The number of esters is 1. The van der Waals surface area contributed by atoms with Gasteiger partial charge in [0, 0.05) is 18.6 Å². The van der Waals surface area contributed by atoms with Crippen LogP contribution < -0.4 is 5.32 Å². The lowest BCUT2D eigenvalue weighted by atomic mass is 10.1. The molecule has 0 aliphatic rings. The molecule has 0 bridgehead atoms. The van der Waals surface area contributed by atoms with Crippen LogP contribution in [0, 0.1) is 0 Å². The molecular weight excluding hydrogens is 392 g/mol. The van der Waals surface area contributed by atoms with Crippen LogP contribution in [0.15, 0.2) is 23.1 Å². The summed E-state index contributed by atoms with van der Waals surface area (Å²) in [4.78, 5) is 24.3. The zero-order chi connectivity index (χ0) is 21.0. The number of nitrogens with zero attached hydrogens (tertiary/aromatic N) is 1. The summed E-state index contributed by atoms with van der Waals surface area (Å²) >= 11 is 6.05. The van der Waals surface area contributed by atoms with E-state index in [0.29, 0.717) is 0 Å². The fraction of sp³-hybridized carbons (Fsp3) is 0.556. The second-order valence-corrected chi connectivity index (χ2v) is 9.33. The Hall–Kier alpha value is -1.64. The standard InChI is InChI=1S/C18H27ClN2O5S/c1-7-21(8-2)27(24,25)15-11-13(9-10-14(15)19)17(23)26-12(3)16(22)20-18(4,5)6/h9-12H,7-8H2,1-6H3,(H,20,22). The number of benzene rings is 1. The zero-order valence-electron chi connectivity index (χ0n) is 16.5. The molecule has 0 aromatic heterocycles. The van der Waals surface area contributed by atoms with Gasteiger partial charge in [-0.3, -0.25) is 4.79 Å². The number of carbonyl (C=O) groups excluding carboxylic acids is 2. The second-order valence-electron chi connectivity index (χ2n) is 7.02. The highest BCUT2D eigenvalue weighted by Crippen LogP contribution is 2.26. The molecule has 0 aliphatic carbocycles. The molecule has 7 nitrogen and oxygen atoms in total. The van der Waals surface area contributed by atoms with E-state index in [4.69, 9.17) is 16.3 Å². The molecule has 1 unspecified atom stereocenters. The van der Waals surface area contributed by atoms with Gasteiger partial charge in [0.15, 0.2) is 6.10 Å². The van der Waals surface area contributed by atoms with Crippen molar-refractivity contribution >= 4 is 33.5 Å². The van der Waals surface area contributed by atoms with E-state index in [1.54, 1.807) is 13.8 Å². The SMILES string of the molecule is CCN(CC)S(=O)(=O)c1cc(C(=O)OC(C)C(=O)NC(C)(C)C)ccc1Cl. The Kier molecular flexibility index (Phi) is 7.83. The molecule has 152 valence electrons. The lowest BCUT2D eigenvalue weighted by molar-refractivity contribution is -0.130. The van der Waals surface area contributed by atoms with Crippen molar-refractivity contribution in [3.05, 3.63) is 28.8 Å². The molecule has 27 heavy (non-hydrogen) atoms. The van der Waals surface area contributed by atoms with Crippen LogP contribution in [0.5, 0.6) is 0 Å². The number of sulfonamides is 1. The van der Waals surface area contributed by atoms with E-state index in [0.717, 1.165) is 0 Å². The van der Waals surface area contributed by atoms with Crippen molar-refractivity contribution in [1.82, 2.24) is 9.62 Å². The smallest absolute Gasteiger partial charge is 0.338 e. The summed E-state index contributed by atoms with van der Waals surface area (Å²) in [7, 11) is -3.84. The van der Waals surface area contributed by atoms with Crippen LogP contribution in [0.1, 0.15) is 51.9 Å². The monoisotopic (exact) mass is 418 g/mol. The number of nitrogens with one attached hydrogen (secondary N) is 1. The lowest BCUT2D eigenvalue weighted by Crippen LogP contribution is -2.46. The number of hydrogen-bond acceptors (Lipinski definition) is 5. The van der Waals surface area contributed by atoms with Crippen LogP contribution in [0.2, 0.25) is 5.02 Å². The first-order valence-corrected chi connectivity index (χ1v) is 10.5. The average molecular weight is 419 g/mol. The molecule has 1 N–H and O–H groups in total. The van der Waals surface area contributed by atoms with Crippen molar-refractivity contribution in [1.29, 1.82) is 0 Å². The van der Waals surface area contributed by atoms with E-state index >= 15 is 0 Å². The lowest BCUT2D eigenvalue weighted by Gasteiger charge is -2.23. The van der Waals surface area contributed by atoms with Gasteiger partial charge in [-0.25, -0.2) is 13.2 Å². The summed E-state index contributed by atoms with van der Waals surface area (Å²) in [6.45, 7) is 10.8. The molecule has 0 fully saturated rings. The van der Waals surface area contributed by atoms with E-state index < -0.39 is 33.5 Å². The second kappa shape index (κ2) is 9.03. The largest absolute Gasteiger partial charge is 0.449 e. The first-order valence-electron chi connectivity index (χ1n) is 8.66. The van der Waals surface area contributed by atoms with Crippen molar-refractivity contribution < 1.29 is 22.7 Å². The highest BCUT2D eigenvalue weighted by Gasteiger charge is 2.27. The van der Waals surface area contributed by atoms with E-state index in [-0.39, 0.29) is 28.6 Å². The maximum atomic E-state index is 12.7. The van der Waals surface area contributed by atoms with Gasteiger partial charge in [0.05, 0.1) is 10.6 Å². The topological polar surface area (TPSA) is 92.8 Å². The van der Waals surface area contributed by atoms with Crippen molar-refractivity contribution in [3.63, 3.8) is 0 Å². The molecule has 9 heteroatoms. The zero-order valence-corrected chi connectivity index (χ0v) is 18.1. The quantitative estimate of drug-likeness (QED) is 0.687. The number of amides is 1. The van der Waals surface area contributed by atoms with Crippen molar-refractivity contribution in [2.75, 3.05) is 13.1 Å². The number of carbonyl (C=O) groups is 2. The summed E-state index contributed by atoms with van der Waals surface area (Å²) in [6, 6.07) is 3.86. The molecule has 0 saturated carbocycles. The number of hydrogen-bond donors (Lipinski definition) is 1. The van der Waals surface area contributed by atoms with Crippen LogP contribution in [-0.4, -0.2) is 49.3 Å². The fourth-order valence-electron chi connectivity index (χ4n) is 2.28. The van der Waals surface area contributed by atoms with Crippen LogP contribution in [0.3, 0.4) is 0 Å². The first-order chi connectivity index (χ1) is 12.3. The predicted octanol–water partition coefficient (Wildman–Crippen LogP) is 2.83. The van der Waals surface area contributed by atoms with Crippen molar-refractivity contribution in [3.8, 4) is 0 Å². The van der Waals surface area contributed by atoms with Crippen molar-refractivity contribution in [2.24, 2.45) is 0 Å². The third-order valence-corrected chi connectivity index (χ3v) is 6.17. The summed E-state index contributed by atoms with van der Waals surface area (Å²) in [6.07, 6.45) is -1.03. The van der Waals surface area contributed by atoms with Crippen LogP contribution in [0.25, 0.3) is 0 Å². The van der Waals surface area contributed by atoms with Gasteiger partial charge in [0.1, 0.15) is 4.90 Å². The average Bonchev–Trinajstić information content (AvgIpc) is 2.54. The minimum absolute atomic E-state index is 0.000500. The van der Waals surface area contributed by atoms with Gasteiger partial charge in [-0.15, -0.1) is 0 Å². The third-order valence-electron chi connectivity index (χ3n) is 3.64. The van der Waals surface area contributed by atoms with Crippen LogP contribution in [0.4, 0.5) is 0 Å². The summed E-state index contributed by atoms with van der Waals surface area (Å²) in [5, 5.41) is 2.72. The van der Waals surface area contributed by atoms with Gasteiger partial charge in [-0.05, 0) is 45.9 Å².